The second-order valence-corrected chi connectivity index (χ2v) is 11.5. The lowest BCUT2D eigenvalue weighted by Crippen LogP contribution is -2.50. The Morgan fingerprint density at radius 2 is 1.82 bits per heavy atom. The van der Waals surface area contributed by atoms with Crippen LogP contribution in [0.5, 0.6) is 11.6 Å². The Morgan fingerprint density at radius 1 is 1.05 bits per heavy atom. The number of aliphatic hydroxyl groups excluding tert-OH is 1. The van der Waals surface area contributed by atoms with Gasteiger partial charge in [-0.3, -0.25) is 4.79 Å². The van der Waals surface area contributed by atoms with Crippen molar-refractivity contribution in [1.82, 2.24) is 15.6 Å². The maximum Gasteiger partial charge on any atom is 0.251 e. The fourth-order valence-corrected chi connectivity index (χ4v) is 5.30. The summed E-state index contributed by atoms with van der Waals surface area (Å²) in [6, 6.07) is 19.6. The number of aromatic nitrogens is 1. The number of hydrogen-bond donors (Lipinski definition) is 3. The molecule has 40 heavy (non-hydrogen) atoms. The summed E-state index contributed by atoms with van der Waals surface area (Å²) in [7, 11) is 0. The average molecular weight is 544 g/mol. The van der Waals surface area contributed by atoms with Gasteiger partial charge in [0.15, 0.2) is 0 Å². The monoisotopic (exact) mass is 543 g/mol. The van der Waals surface area contributed by atoms with Crippen molar-refractivity contribution in [3.63, 3.8) is 0 Å². The van der Waals surface area contributed by atoms with Gasteiger partial charge >= 0.3 is 0 Å². The van der Waals surface area contributed by atoms with E-state index in [4.69, 9.17) is 9.47 Å². The summed E-state index contributed by atoms with van der Waals surface area (Å²) in [6.45, 7) is 7.70. The molecule has 1 aliphatic heterocycles. The highest BCUT2D eigenvalue weighted by molar-refractivity contribution is 5.94. The van der Waals surface area contributed by atoms with E-state index in [1.165, 1.54) is 11.1 Å². The number of carbonyl (C=O) groups excluding carboxylic acids is 1. The molecule has 3 N–H and O–H groups in total. The largest absolute Gasteiger partial charge is 0.494 e. The van der Waals surface area contributed by atoms with Crippen molar-refractivity contribution in [3.8, 4) is 11.6 Å². The molecule has 0 spiro atoms. The van der Waals surface area contributed by atoms with Crippen molar-refractivity contribution in [2.75, 3.05) is 19.8 Å². The van der Waals surface area contributed by atoms with Gasteiger partial charge in [0.05, 0.1) is 25.4 Å². The molecule has 1 amide bonds. The van der Waals surface area contributed by atoms with Gasteiger partial charge in [-0.25, -0.2) is 4.98 Å². The number of aliphatic hydroxyl groups is 1. The van der Waals surface area contributed by atoms with Gasteiger partial charge in [-0.1, -0.05) is 50.2 Å². The second kappa shape index (κ2) is 12.4. The normalized spacial score (nSPS) is 19.7. The van der Waals surface area contributed by atoms with Crippen molar-refractivity contribution < 1.29 is 19.4 Å². The molecule has 2 unspecified atom stereocenters. The number of aryl methyl sites for hydroxylation is 1. The zero-order chi connectivity index (χ0) is 28.1. The van der Waals surface area contributed by atoms with Crippen LogP contribution in [-0.4, -0.2) is 47.9 Å². The van der Waals surface area contributed by atoms with Crippen LogP contribution in [-0.2, 0) is 12.0 Å². The molecule has 7 nitrogen and oxygen atoms in total. The van der Waals surface area contributed by atoms with Gasteiger partial charge in [0.1, 0.15) is 5.75 Å². The first-order chi connectivity index (χ1) is 19.3. The number of rotatable bonds is 6. The van der Waals surface area contributed by atoms with Crippen LogP contribution >= 0.6 is 0 Å². The molecule has 0 radical (unpaired) electrons. The molecular formula is C33H41N3O4. The van der Waals surface area contributed by atoms with Gasteiger partial charge in [0.25, 0.3) is 5.91 Å². The Hall–Kier alpha value is -3.42. The minimum Gasteiger partial charge on any atom is -0.494 e. The fraction of sp³-hybridized carbons (Fsp3) is 0.455. The summed E-state index contributed by atoms with van der Waals surface area (Å²) in [4.78, 5) is 17.9. The van der Waals surface area contributed by atoms with E-state index < -0.39 is 12.1 Å². The third kappa shape index (κ3) is 7.01. The molecule has 1 saturated carbocycles. The third-order valence-electron chi connectivity index (χ3n) is 7.89. The van der Waals surface area contributed by atoms with Crippen molar-refractivity contribution in [3.05, 3.63) is 88.6 Å². The van der Waals surface area contributed by atoms with Crippen LogP contribution in [0.25, 0.3) is 0 Å². The Kier molecular flexibility index (Phi) is 8.72. The third-order valence-corrected chi connectivity index (χ3v) is 7.89. The van der Waals surface area contributed by atoms with E-state index in [2.05, 4.69) is 53.7 Å². The first-order valence-corrected chi connectivity index (χ1v) is 14.5. The van der Waals surface area contributed by atoms with E-state index in [9.17, 15) is 9.90 Å². The molecule has 1 aliphatic carbocycles. The summed E-state index contributed by atoms with van der Waals surface area (Å²) < 4.78 is 11.8. The number of fused-ring (bicyclic) bond motifs is 4. The van der Waals surface area contributed by atoms with Gasteiger partial charge in [0, 0.05) is 29.4 Å². The minimum atomic E-state index is -0.809. The topological polar surface area (TPSA) is 92.7 Å². The van der Waals surface area contributed by atoms with Crippen molar-refractivity contribution in [2.24, 2.45) is 0 Å². The summed E-state index contributed by atoms with van der Waals surface area (Å²) >= 11 is 0. The quantitative estimate of drug-likeness (QED) is 0.403. The number of pyridine rings is 1. The van der Waals surface area contributed by atoms with E-state index >= 15 is 0 Å². The lowest BCUT2D eigenvalue weighted by atomic mass is 9.95. The molecule has 1 fully saturated rings. The highest BCUT2D eigenvalue weighted by Gasteiger charge is 2.44. The number of nitrogens with zero attached hydrogens (tertiary/aromatic N) is 1. The van der Waals surface area contributed by atoms with Gasteiger partial charge in [-0.05, 0) is 79.8 Å². The highest BCUT2D eigenvalue weighted by atomic mass is 16.5. The SMILES string of the molecule is Cc1cc2cc(n1)OCCCCOc1cccc(c1)CC(C(O)CNC1(c3cccc(C(C)C)c3)CC1)NC2=O. The molecule has 1 aromatic heterocycles. The molecule has 7 heteroatoms. The molecule has 4 bridgehead atoms. The standard InChI is InChI=1S/C33H41N3O4/c1-22(2)25-9-7-10-27(19-25)33(12-13-33)34-21-30(37)29-18-24-8-6-11-28(17-24)39-14-4-5-15-40-31-20-26(32(38)36-29)16-23(3)35-31/h6-11,16-17,19-20,22,29-30,34,37H,4-5,12-15,18,21H2,1-3H3,(H,36,38). The van der Waals surface area contributed by atoms with E-state index in [1.807, 2.05) is 31.2 Å². The molecule has 2 atom stereocenters. The van der Waals surface area contributed by atoms with Gasteiger partial charge < -0.3 is 25.2 Å². The fourth-order valence-electron chi connectivity index (χ4n) is 5.30. The predicted octanol–water partition coefficient (Wildman–Crippen LogP) is 5.05. The average Bonchev–Trinajstić information content (AvgIpc) is 3.74. The summed E-state index contributed by atoms with van der Waals surface area (Å²) in [5.74, 6) is 1.41. The van der Waals surface area contributed by atoms with Crippen LogP contribution < -0.4 is 20.1 Å². The number of hydrogen-bond acceptors (Lipinski definition) is 6. The van der Waals surface area contributed by atoms with Gasteiger partial charge in [-0.2, -0.15) is 0 Å². The Labute approximate surface area is 237 Å². The molecule has 5 rings (SSSR count). The summed E-state index contributed by atoms with van der Waals surface area (Å²) in [5.41, 5.74) is 4.62. The van der Waals surface area contributed by atoms with Crippen molar-refractivity contribution >= 4 is 5.91 Å². The Balaban J connectivity index is 1.36. The molecular weight excluding hydrogens is 502 g/mol. The van der Waals surface area contributed by atoms with Crippen LogP contribution in [0.3, 0.4) is 0 Å². The van der Waals surface area contributed by atoms with E-state index in [0.717, 1.165) is 37.0 Å². The molecule has 2 aliphatic rings. The number of nitrogens with one attached hydrogen (secondary N) is 2. The molecule has 3 aromatic rings. The molecule has 2 aromatic carbocycles. The van der Waals surface area contributed by atoms with Crippen LogP contribution in [0.15, 0.2) is 60.7 Å². The van der Waals surface area contributed by atoms with Crippen molar-refractivity contribution in [1.29, 1.82) is 0 Å². The zero-order valence-corrected chi connectivity index (χ0v) is 23.8. The van der Waals surface area contributed by atoms with Gasteiger partial charge in [-0.15, -0.1) is 0 Å². The van der Waals surface area contributed by atoms with Crippen molar-refractivity contribution in [2.45, 2.75) is 76.5 Å². The van der Waals surface area contributed by atoms with Crippen LogP contribution in [0, 0.1) is 6.92 Å². The smallest absolute Gasteiger partial charge is 0.251 e. The lowest BCUT2D eigenvalue weighted by Gasteiger charge is -2.28. The number of amides is 1. The number of carbonyl (C=O) groups is 1. The first-order valence-electron chi connectivity index (χ1n) is 14.5. The predicted molar refractivity (Wildman–Crippen MR) is 156 cm³/mol. The van der Waals surface area contributed by atoms with Gasteiger partial charge in [0.2, 0.25) is 5.88 Å². The van der Waals surface area contributed by atoms with Crippen LogP contribution in [0.2, 0.25) is 0 Å². The summed E-state index contributed by atoms with van der Waals surface area (Å²) in [5, 5.41) is 18.2. The molecule has 212 valence electrons. The Bertz CT molecular complexity index is 1320. The molecule has 2 heterocycles. The molecule has 0 saturated heterocycles. The number of ether oxygens (including phenoxy) is 2. The van der Waals surface area contributed by atoms with E-state index in [0.29, 0.717) is 49.2 Å². The van der Waals surface area contributed by atoms with Crippen LogP contribution in [0.1, 0.15) is 78.2 Å². The highest BCUT2D eigenvalue weighted by Crippen LogP contribution is 2.46. The maximum absolute atomic E-state index is 13.4. The second-order valence-electron chi connectivity index (χ2n) is 11.5. The lowest BCUT2D eigenvalue weighted by molar-refractivity contribution is 0.0821. The minimum absolute atomic E-state index is 0.129. The van der Waals surface area contributed by atoms with Crippen LogP contribution in [0.4, 0.5) is 0 Å². The summed E-state index contributed by atoms with van der Waals surface area (Å²) in [6.07, 6.45) is 3.37. The first kappa shape index (κ1) is 28.1. The Morgan fingerprint density at radius 3 is 2.60 bits per heavy atom. The number of benzene rings is 2. The maximum atomic E-state index is 13.4. The zero-order valence-electron chi connectivity index (χ0n) is 23.8. The van der Waals surface area contributed by atoms with E-state index in [1.54, 1.807) is 12.1 Å². The van der Waals surface area contributed by atoms with E-state index in [-0.39, 0.29) is 11.4 Å².